The minimum Gasteiger partial charge on any atom is -0.480 e. The molecule has 0 radical (unpaired) electrons. The number of nitrogens with two attached hydrogens (primary N) is 2. The number of carboxylic acids is 1. The van der Waals surface area contributed by atoms with Gasteiger partial charge in [0.2, 0.25) is 23.6 Å². The Morgan fingerprint density at radius 1 is 0.622 bits per heavy atom. The fourth-order valence-corrected chi connectivity index (χ4v) is 7.85. The van der Waals surface area contributed by atoms with Gasteiger partial charge in [0.1, 0.15) is 42.6 Å². The molecular weight excluding hydrogens is 961 g/mol. The maximum atomic E-state index is 13.1. The van der Waals surface area contributed by atoms with Gasteiger partial charge in [0, 0.05) is 69.6 Å². The summed E-state index contributed by atoms with van der Waals surface area (Å²) in [6, 6.07) is -2.94. The highest BCUT2D eigenvalue weighted by atomic mass is 16.5. The molecule has 0 spiro atoms. The Morgan fingerprint density at radius 3 is 1.80 bits per heavy atom. The summed E-state index contributed by atoms with van der Waals surface area (Å²) < 4.78 is 21.6. The molecule has 22 nitrogen and oxygen atoms in total. The van der Waals surface area contributed by atoms with Crippen LogP contribution in [-0.4, -0.2) is 164 Å². The average molecular weight is 1050 g/mol. The third kappa shape index (κ3) is 37.9. The normalized spacial score (nSPS) is 12.9. The van der Waals surface area contributed by atoms with E-state index < -0.39 is 42.5 Å². The van der Waals surface area contributed by atoms with Gasteiger partial charge in [0.15, 0.2) is 0 Å². The number of amides is 4. The summed E-state index contributed by atoms with van der Waals surface area (Å²) in [6.07, 6.45) is 21.8. The molecule has 0 saturated carbocycles. The average Bonchev–Trinajstić information content (AvgIpc) is 3.89. The molecule has 0 unspecified atom stereocenters. The predicted octanol–water partition coefficient (Wildman–Crippen LogP) is 2.90. The minimum absolute atomic E-state index is 0.0350. The van der Waals surface area contributed by atoms with E-state index in [-0.39, 0.29) is 139 Å². The topological polar surface area (TPSA) is 343 Å². The molecule has 4 atom stereocenters. The van der Waals surface area contributed by atoms with E-state index in [1.165, 1.54) is 64.1 Å². The first-order chi connectivity index (χ1) is 35.8. The molecule has 0 aliphatic rings. The van der Waals surface area contributed by atoms with E-state index in [1.54, 1.807) is 6.20 Å². The first-order valence-corrected chi connectivity index (χ1v) is 27.1. The lowest BCUT2D eigenvalue weighted by molar-refractivity contribution is -0.142. The van der Waals surface area contributed by atoms with E-state index >= 15 is 0 Å². The number of nitrogens with one attached hydrogen (secondary N) is 5. The van der Waals surface area contributed by atoms with E-state index in [9.17, 15) is 48.6 Å². The monoisotopic (exact) mass is 1050 g/mol. The zero-order chi connectivity index (χ0) is 54.4. The SMILES string of the molecule is CCCCCCCCCCCCCCCC(=O)N[C@@H](CCC(=O)CCCOCCOCC(=O)NCCOCCOCC(=O)NCCCC[C@H](CCC(=O)[C@@H](N)Cc1cnc[nH]1)C(=O)CN[C@@H](CO)C(N)=O)C(=O)O. The van der Waals surface area contributed by atoms with Crippen LogP contribution in [0.15, 0.2) is 12.5 Å². The highest BCUT2D eigenvalue weighted by Gasteiger charge is 2.24. The van der Waals surface area contributed by atoms with Crippen molar-refractivity contribution < 1.29 is 67.5 Å². The highest BCUT2D eigenvalue weighted by molar-refractivity contribution is 5.87. The number of aromatic amines is 1. The molecule has 11 N–H and O–H groups in total. The van der Waals surface area contributed by atoms with Crippen molar-refractivity contribution >= 4 is 46.9 Å². The van der Waals surface area contributed by atoms with Gasteiger partial charge in [-0.15, -0.1) is 0 Å². The second kappa shape index (κ2) is 45.7. The second-order valence-electron chi connectivity index (χ2n) is 18.7. The molecule has 0 aromatic carbocycles. The maximum absolute atomic E-state index is 13.1. The third-order valence-electron chi connectivity index (χ3n) is 12.3. The first kappa shape index (κ1) is 67.3. The van der Waals surface area contributed by atoms with Crippen LogP contribution in [0.25, 0.3) is 0 Å². The lowest BCUT2D eigenvalue weighted by Crippen LogP contribution is -2.46. The van der Waals surface area contributed by atoms with Gasteiger partial charge in [-0.1, -0.05) is 90.4 Å². The molecule has 0 bridgehead atoms. The summed E-state index contributed by atoms with van der Waals surface area (Å²) in [5, 5.41) is 29.6. The minimum atomic E-state index is -1.15. The van der Waals surface area contributed by atoms with Crippen LogP contribution in [0.5, 0.6) is 0 Å². The molecule has 0 aliphatic heterocycles. The van der Waals surface area contributed by atoms with Crippen LogP contribution in [0.2, 0.25) is 0 Å². The molecule has 1 rings (SSSR count). The Labute approximate surface area is 438 Å². The Balaban J connectivity index is 2.06. The number of ether oxygens (including phenoxy) is 4. The molecule has 74 heavy (non-hydrogen) atoms. The van der Waals surface area contributed by atoms with E-state index in [0.29, 0.717) is 45.3 Å². The van der Waals surface area contributed by atoms with Crippen LogP contribution < -0.4 is 32.7 Å². The number of aliphatic carboxylic acids is 1. The van der Waals surface area contributed by atoms with Gasteiger partial charge in [-0.25, -0.2) is 9.78 Å². The van der Waals surface area contributed by atoms with Gasteiger partial charge in [-0.05, 0) is 38.5 Å². The summed E-state index contributed by atoms with van der Waals surface area (Å²) in [5.41, 5.74) is 12.0. The fraction of sp³-hybridized carbons (Fsp3) is 0.788. The van der Waals surface area contributed by atoms with Crippen molar-refractivity contribution in [3.8, 4) is 0 Å². The number of aromatic nitrogens is 2. The third-order valence-corrected chi connectivity index (χ3v) is 12.3. The summed E-state index contributed by atoms with van der Waals surface area (Å²) >= 11 is 0. The van der Waals surface area contributed by atoms with Gasteiger partial charge in [0.05, 0.1) is 58.6 Å². The molecule has 4 amide bonds. The number of rotatable bonds is 53. The fourth-order valence-electron chi connectivity index (χ4n) is 7.85. The van der Waals surface area contributed by atoms with Crippen LogP contribution in [0.1, 0.15) is 160 Å². The number of imidazole rings is 1. The number of ketones is 3. The van der Waals surface area contributed by atoms with Crippen LogP contribution in [0.4, 0.5) is 0 Å². The number of primary amides is 1. The maximum Gasteiger partial charge on any atom is 0.326 e. The van der Waals surface area contributed by atoms with Gasteiger partial charge in [-0.3, -0.25) is 38.9 Å². The van der Waals surface area contributed by atoms with E-state index in [0.717, 1.165) is 25.0 Å². The van der Waals surface area contributed by atoms with Crippen LogP contribution in [-0.2, 0) is 63.7 Å². The summed E-state index contributed by atoms with van der Waals surface area (Å²) in [4.78, 5) is 105. The Morgan fingerprint density at radius 2 is 1.22 bits per heavy atom. The molecule has 22 heteroatoms. The lowest BCUT2D eigenvalue weighted by Gasteiger charge is -2.19. The van der Waals surface area contributed by atoms with Gasteiger partial charge in [0.25, 0.3) is 0 Å². The van der Waals surface area contributed by atoms with Crippen molar-refractivity contribution in [2.24, 2.45) is 17.4 Å². The zero-order valence-corrected chi connectivity index (χ0v) is 44.3. The van der Waals surface area contributed by atoms with Crippen molar-refractivity contribution in [3.63, 3.8) is 0 Å². The van der Waals surface area contributed by atoms with E-state index in [1.807, 2.05) is 0 Å². The Hall–Kier alpha value is -4.71. The number of aliphatic hydroxyl groups excluding tert-OH is 1. The van der Waals surface area contributed by atoms with E-state index in [2.05, 4.69) is 38.2 Å². The van der Waals surface area contributed by atoms with Crippen LogP contribution in [0, 0.1) is 5.92 Å². The number of unbranched alkanes of at least 4 members (excludes halogenated alkanes) is 13. The number of carboxylic acid groups (broad SMARTS) is 1. The number of aliphatic hydroxyl groups is 1. The predicted molar refractivity (Wildman–Crippen MR) is 278 cm³/mol. The number of H-pyrrole nitrogens is 1. The molecule has 1 aromatic heterocycles. The smallest absolute Gasteiger partial charge is 0.326 e. The number of carbonyl (C=O) groups is 8. The molecule has 0 aliphatic carbocycles. The van der Waals surface area contributed by atoms with Gasteiger partial charge >= 0.3 is 5.97 Å². The number of Topliss-reactive ketones (excluding diaryl/α,β-unsaturated/α-hetero) is 3. The van der Waals surface area contributed by atoms with Crippen molar-refractivity contribution in [1.82, 2.24) is 31.2 Å². The molecule has 1 heterocycles. The number of hydrogen-bond donors (Lipinski definition) is 9. The number of nitrogens with zero attached hydrogens (tertiary/aromatic N) is 1. The van der Waals surface area contributed by atoms with Crippen molar-refractivity contribution in [2.75, 3.05) is 79.1 Å². The second-order valence-corrected chi connectivity index (χ2v) is 18.7. The highest BCUT2D eigenvalue weighted by Crippen LogP contribution is 2.18. The number of carbonyl (C=O) groups excluding carboxylic acids is 7. The van der Waals surface area contributed by atoms with Crippen molar-refractivity contribution in [2.45, 2.75) is 179 Å². The van der Waals surface area contributed by atoms with Crippen LogP contribution >= 0.6 is 0 Å². The quantitative estimate of drug-likeness (QED) is 0.0424. The molecular formula is C52H92N8O14. The molecule has 1 aromatic rings. The van der Waals surface area contributed by atoms with Crippen LogP contribution in [0.3, 0.4) is 0 Å². The summed E-state index contributed by atoms with van der Waals surface area (Å²) in [6.45, 7) is 2.92. The number of hydrogen-bond acceptors (Lipinski definition) is 16. The van der Waals surface area contributed by atoms with Crippen molar-refractivity contribution in [1.29, 1.82) is 0 Å². The molecule has 424 valence electrons. The Kier molecular flexibility index (Phi) is 41.5. The van der Waals surface area contributed by atoms with Gasteiger partial charge in [-0.2, -0.15) is 0 Å². The van der Waals surface area contributed by atoms with E-state index in [4.69, 9.17) is 30.4 Å². The summed E-state index contributed by atoms with van der Waals surface area (Å²) in [7, 11) is 0. The first-order valence-electron chi connectivity index (χ1n) is 27.1. The van der Waals surface area contributed by atoms with Gasteiger partial charge < -0.3 is 61.6 Å². The molecule has 0 saturated heterocycles. The molecule has 0 fully saturated rings. The lowest BCUT2D eigenvalue weighted by atomic mass is 9.90. The zero-order valence-electron chi connectivity index (χ0n) is 44.3. The standard InChI is InChI=1S/C52H92N8O14/c1-2-3-4-5-6-7-8-9-10-11-12-13-14-20-48(65)60-44(52(69)70)23-22-42(62)19-17-27-71-29-31-73-38-50(67)57-26-28-72-30-32-74-37-49(66)56-25-16-15-18-40(47(64)35-58-45(36-61)51(54)68)21-24-46(63)43(53)33-41-34-55-39-59-41/h34,39-40,43-45,58,61H,2-33,35-38,53H2,1H3,(H2,54,68)(H,55,59)(H,56,66)(H,57,67)(H,60,65)(H,69,70)/t40-,43+,44+,45+/m1/s1. The van der Waals surface area contributed by atoms with Crippen molar-refractivity contribution in [3.05, 3.63) is 18.2 Å². The largest absolute Gasteiger partial charge is 0.480 e. The Bertz CT molecular complexity index is 1690. The summed E-state index contributed by atoms with van der Waals surface area (Å²) in [5.74, 6) is -3.99.